The predicted molar refractivity (Wildman–Crippen MR) is 78.2 cm³/mol. The third-order valence-electron chi connectivity index (χ3n) is 3.02. The average Bonchev–Trinajstić information content (AvgIpc) is 2.42. The summed E-state index contributed by atoms with van der Waals surface area (Å²) in [5, 5.41) is 3.32. The molecule has 2 nitrogen and oxygen atoms in total. The third kappa shape index (κ3) is 5.42. The molecule has 0 radical (unpaired) electrons. The van der Waals surface area contributed by atoms with Gasteiger partial charge in [-0.2, -0.15) is 0 Å². The summed E-state index contributed by atoms with van der Waals surface area (Å²) >= 11 is 0. The topological polar surface area (TPSA) is 15.3 Å². The first-order chi connectivity index (χ1) is 9.21. The molecule has 1 aromatic carbocycles. The molecule has 1 aromatic rings. The molecule has 1 rings (SSSR count). The zero-order chi connectivity index (χ0) is 14.1. The fourth-order valence-electron chi connectivity index (χ4n) is 1.92. The van der Waals surface area contributed by atoms with Gasteiger partial charge in [0.2, 0.25) is 0 Å². The van der Waals surface area contributed by atoms with Gasteiger partial charge in [-0.25, -0.2) is 4.39 Å². The molecule has 0 fully saturated rings. The Kier molecular flexibility index (Phi) is 7.17. The summed E-state index contributed by atoms with van der Waals surface area (Å²) in [4.78, 5) is 2.04. The molecule has 1 N–H and O–H groups in total. The van der Waals surface area contributed by atoms with Crippen molar-refractivity contribution in [1.82, 2.24) is 10.2 Å². The lowest BCUT2D eigenvalue weighted by molar-refractivity contribution is 0.310. The van der Waals surface area contributed by atoms with Crippen molar-refractivity contribution in [2.45, 2.75) is 33.4 Å². The van der Waals surface area contributed by atoms with E-state index < -0.39 is 0 Å². The Balaban J connectivity index is 2.70. The summed E-state index contributed by atoms with van der Waals surface area (Å²) in [5.74, 6) is 2.45. The maximum atomic E-state index is 13.8. The number of benzene rings is 1. The number of nitrogens with zero attached hydrogens (tertiary/aromatic N) is 1. The first kappa shape index (κ1) is 15.7. The largest absolute Gasteiger partial charge is 0.313 e. The molecule has 0 heterocycles. The van der Waals surface area contributed by atoms with Crippen LogP contribution in [-0.2, 0) is 13.1 Å². The van der Waals surface area contributed by atoms with Gasteiger partial charge < -0.3 is 5.32 Å². The molecule has 0 spiro atoms. The van der Waals surface area contributed by atoms with E-state index in [4.69, 9.17) is 6.42 Å². The van der Waals surface area contributed by atoms with Gasteiger partial charge in [0.15, 0.2) is 0 Å². The van der Waals surface area contributed by atoms with Crippen LogP contribution < -0.4 is 5.32 Å². The fourth-order valence-corrected chi connectivity index (χ4v) is 1.92. The van der Waals surface area contributed by atoms with Crippen LogP contribution in [0.2, 0.25) is 0 Å². The van der Waals surface area contributed by atoms with Crippen LogP contribution in [0.4, 0.5) is 4.39 Å². The van der Waals surface area contributed by atoms with Crippen LogP contribution in [0, 0.1) is 18.2 Å². The molecule has 3 heteroatoms. The van der Waals surface area contributed by atoms with Crippen LogP contribution in [0.25, 0.3) is 0 Å². The second-order valence-electron chi connectivity index (χ2n) is 4.61. The average molecular weight is 262 g/mol. The Bertz CT molecular complexity index is 423. The van der Waals surface area contributed by atoms with E-state index in [1.807, 2.05) is 24.0 Å². The van der Waals surface area contributed by atoms with Crippen LogP contribution in [-0.4, -0.2) is 24.5 Å². The second-order valence-corrected chi connectivity index (χ2v) is 4.61. The van der Waals surface area contributed by atoms with Crippen LogP contribution in [0.5, 0.6) is 0 Å². The Morgan fingerprint density at radius 2 is 2.16 bits per heavy atom. The number of nitrogens with one attached hydrogen (secondary N) is 1. The minimum Gasteiger partial charge on any atom is -0.313 e. The molecule has 0 unspecified atom stereocenters. The maximum Gasteiger partial charge on any atom is 0.127 e. The van der Waals surface area contributed by atoms with Gasteiger partial charge in [-0.05, 0) is 31.1 Å². The van der Waals surface area contributed by atoms with E-state index in [-0.39, 0.29) is 5.82 Å². The highest BCUT2D eigenvalue weighted by Crippen LogP contribution is 2.13. The Morgan fingerprint density at radius 1 is 1.37 bits per heavy atom. The molecule has 104 valence electrons. The van der Waals surface area contributed by atoms with Crippen molar-refractivity contribution in [1.29, 1.82) is 0 Å². The number of halogens is 1. The lowest BCUT2D eigenvalue weighted by Crippen LogP contribution is -2.24. The zero-order valence-corrected chi connectivity index (χ0v) is 11.9. The van der Waals surface area contributed by atoms with Gasteiger partial charge in [0.25, 0.3) is 0 Å². The Hall–Kier alpha value is -1.37. The van der Waals surface area contributed by atoms with E-state index in [0.29, 0.717) is 18.7 Å². The zero-order valence-electron chi connectivity index (χ0n) is 11.9. The SMILES string of the molecule is C#CCN(CC)Cc1cc(CNCCC)ccc1F. The molecule has 0 bridgehead atoms. The molecule has 19 heavy (non-hydrogen) atoms. The Labute approximate surface area is 116 Å². The van der Waals surface area contributed by atoms with E-state index in [9.17, 15) is 4.39 Å². The maximum absolute atomic E-state index is 13.8. The van der Waals surface area contributed by atoms with Crippen molar-refractivity contribution in [3.05, 3.63) is 35.1 Å². The minimum absolute atomic E-state index is 0.158. The summed E-state index contributed by atoms with van der Waals surface area (Å²) in [6.45, 7) is 7.85. The van der Waals surface area contributed by atoms with Gasteiger partial charge in [0, 0.05) is 18.7 Å². The van der Waals surface area contributed by atoms with Crippen molar-refractivity contribution >= 4 is 0 Å². The van der Waals surface area contributed by atoms with E-state index in [1.165, 1.54) is 0 Å². The third-order valence-corrected chi connectivity index (χ3v) is 3.02. The lowest BCUT2D eigenvalue weighted by atomic mass is 10.1. The molecule has 0 atom stereocenters. The molecule has 0 aliphatic heterocycles. The molecule has 0 saturated carbocycles. The normalized spacial score (nSPS) is 10.7. The molecule has 0 aliphatic carbocycles. The first-order valence-corrected chi connectivity index (χ1v) is 6.85. The monoisotopic (exact) mass is 262 g/mol. The molecule has 0 aliphatic rings. The second kappa shape index (κ2) is 8.68. The summed E-state index contributed by atoms with van der Waals surface area (Å²) in [6, 6.07) is 5.30. The first-order valence-electron chi connectivity index (χ1n) is 6.85. The van der Waals surface area contributed by atoms with Crippen molar-refractivity contribution in [2.24, 2.45) is 0 Å². The van der Waals surface area contributed by atoms with Crippen LogP contribution >= 0.6 is 0 Å². The lowest BCUT2D eigenvalue weighted by Gasteiger charge is -2.18. The van der Waals surface area contributed by atoms with E-state index in [1.54, 1.807) is 6.07 Å². The molecular weight excluding hydrogens is 239 g/mol. The van der Waals surface area contributed by atoms with Gasteiger partial charge in [0.05, 0.1) is 6.54 Å². The van der Waals surface area contributed by atoms with Crippen molar-refractivity contribution in [2.75, 3.05) is 19.6 Å². The number of hydrogen-bond acceptors (Lipinski definition) is 2. The Morgan fingerprint density at radius 3 is 2.79 bits per heavy atom. The van der Waals surface area contributed by atoms with Crippen LogP contribution in [0.1, 0.15) is 31.4 Å². The van der Waals surface area contributed by atoms with E-state index in [0.717, 1.165) is 31.6 Å². The van der Waals surface area contributed by atoms with Gasteiger partial charge in [-0.1, -0.05) is 31.9 Å². The summed E-state index contributed by atoms with van der Waals surface area (Å²) in [7, 11) is 0. The predicted octanol–water partition coefficient (Wildman–Crippen LogP) is 2.78. The van der Waals surface area contributed by atoms with E-state index in [2.05, 4.69) is 18.2 Å². The van der Waals surface area contributed by atoms with Crippen LogP contribution in [0.3, 0.4) is 0 Å². The van der Waals surface area contributed by atoms with Crippen molar-refractivity contribution in [3.8, 4) is 12.3 Å². The fraction of sp³-hybridized carbons (Fsp3) is 0.500. The summed E-state index contributed by atoms with van der Waals surface area (Å²) in [5.41, 5.74) is 1.83. The smallest absolute Gasteiger partial charge is 0.127 e. The van der Waals surface area contributed by atoms with Crippen molar-refractivity contribution < 1.29 is 4.39 Å². The number of terminal acetylenes is 1. The van der Waals surface area contributed by atoms with Crippen LogP contribution in [0.15, 0.2) is 18.2 Å². The summed E-state index contributed by atoms with van der Waals surface area (Å²) in [6.07, 6.45) is 6.41. The number of rotatable bonds is 8. The molecule has 0 saturated heterocycles. The highest BCUT2D eigenvalue weighted by Gasteiger charge is 2.08. The highest BCUT2D eigenvalue weighted by atomic mass is 19.1. The molecular formula is C16H23FN2. The standard InChI is InChI=1S/C16H23FN2/c1-4-9-18-12-14-7-8-16(17)15(11-14)13-19(6-3)10-5-2/h2,7-8,11,18H,4,6,9-10,12-13H2,1,3H3. The van der Waals surface area contributed by atoms with Gasteiger partial charge in [0.1, 0.15) is 5.82 Å². The van der Waals surface area contributed by atoms with Gasteiger partial charge in [-0.15, -0.1) is 6.42 Å². The number of hydrogen-bond donors (Lipinski definition) is 1. The van der Waals surface area contributed by atoms with Crippen molar-refractivity contribution in [3.63, 3.8) is 0 Å². The molecule has 0 aromatic heterocycles. The summed E-state index contributed by atoms with van der Waals surface area (Å²) < 4.78 is 13.8. The molecule has 0 amide bonds. The van der Waals surface area contributed by atoms with Gasteiger partial charge in [-0.3, -0.25) is 4.90 Å². The quantitative estimate of drug-likeness (QED) is 0.572. The van der Waals surface area contributed by atoms with Gasteiger partial charge >= 0.3 is 0 Å². The highest BCUT2D eigenvalue weighted by molar-refractivity contribution is 5.25. The minimum atomic E-state index is -0.158. The van der Waals surface area contributed by atoms with E-state index >= 15 is 0 Å².